The lowest BCUT2D eigenvalue weighted by molar-refractivity contribution is -0.139. The van der Waals surface area contributed by atoms with Crippen molar-refractivity contribution in [2.24, 2.45) is 4.99 Å². The van der Waals surface area contributed by atoms with Gasteiger partial charge in [0.05, 0.1) is 87.5 Å². The molecular weight excluding hydrogens is 1210 g/mol. The molecule has 1 aliphatic carbocycles. The normalized spacial score (nSPS) is 17.3. The molecule has 0 bridgehead atoms. The van der Waals surface area contributed by atoms with Crippen molar-refractivity contribution < 1.29 is 38.1 Å². The molecule has 1 saturated carbocycles. The Labute approximate surface area is 537 Å². The molecule has 11 rings (SSSR count). The van der Waals surface area contributed by atoms with E-state index in [4.69, 9.17) is 52.1 Å². The van der Waals surface area contributed by atoms with Crippen molar-refractivity contribution in [1.29, 1.82) is 0 Å². The minimum Gasteiger partial charge on any atom is -0.497 e. The number of fused-ring (bicyclic) bond motifs is 1. The average Bonchev–Trinajstić information content (AvgIpc) is 1.50. The Hall–Kier alpha value is -8.55. The number of benzene rings is 3. The first-order chi connectivity index (χ1) is 44.1. The number of aromatic nitrogens is 7. The van der Waals surface area contributed by atoms with Crippen LogP contribution in [0.2, 0.25) is 10.0 Å². The molecule has 0 spiro atoms. The van der Waals surface area contributed by atoms with Gasteiger partial charge in [-0.25, -0.2) is 19.4 Å². The maximum absolute atomic E-state index is 15.1. The van der Waals surface area contributed by atoms with Crippen LogP contribution in [-0.4, -0.2) is 182 Å². The minimum atomic E-state index is -0.657. The van der Waals surface area contributed by atoms with Gasteiger partial charge in [0, 0.05) is 92.3 Å². The lowest BCUT2D eigenvalue weighted by Gasteiger charge is -2.38. The van der Waals surface area contributed by atoms with Crippen LogP contribution in [0.25, 0.3) is 11.0 Å². The highest BCUT2D eigenvalue weighted by Crippen LogP contribution is 2.46. The van der Waals surface area contributed by atoms with Crippen molar-refractivity contribution in [2.45, 2.75) is 90.7 Å². The number of carbonyl (C=O) groups excluding carboxylic acids is 4. The van der Waals surface area contributed by atoms with Crippen molar-refractivity contribution in [1.82, 2.24) is 59.4 Å². The van der Waals surface area contributed by atoms with Crippen molar-refractivity contribution in [3.8, 4) is 11.5 Å². The fourth-order valence-corrected chi connectivity index (χ4v) is 12.4. The number of nitrogens with zero attached hydrogens (tertiary/aromatic N) is 13. The second-order valence-corrected chi connectivity index (χ2v) is 24.2. The summed E-state index contributed by atoms with van der Waals surface area (Å²) in [5.41, 5.74) is 5.08. The number of aliphatic imine (C=N–C) groups is 1. The third kappa shape index (κ3) is 15.1. The van der Waals surface area contributed by atoms with Gasteiger partial charge in [-0.1, -0.05) is 65.5 Å². The van der Waals surface area contributed by atoms with E-state index in [1.807, 2.05) is 68.7 Å². The summed E-state index contributed by atoms with van der Waals surface area (Å²) in [5.74, 6) is 1.33. The summed E-state index contributed by atoms with van der Waals surface area (Å²) in [6.07, 6.45) is 9.03. The minimum absolute atomic E-state index is 0.00904. The SMILES string of the molecule is COc1ccc(C2=N[C@H](c3ccc(Cl)cc3)[C@H](c3ccc(Cl)cc3)N2C(=O)N2CCN(CC(=O)NCCOCCOCCn3cc(CN4CCN(c5ccc(Nc6ncc7c(C)c(C(C)=O)c(=O)n(C8CCCC8)c7n6)nc5)CC4)nn3)C(=O)C2)c(OC(C)C)c1. The molecule has 3 fully saturated rings. The van der Waals surface area contributed by atoms with Gasteiger partial charge in [0.25, 0.3) is 5.56 Å². The Balaban J connectivity index is 0.588. The molecule has 24 nitrogen and oxygen atoms in total. The van der Waals surface area contributed by atoms with Crippen molar-refractivity contribution in [3.05, 3.63) is 151 Å². The highest BCUT2D eigenvalue weighted by Gasteiger charge is 2.46. The monoisotopic (exact) mass is 1280 g/mol. The molecule has 0 radical (unpaired) electrons. The van der Waals surface area contributed by atoms with Crippen molar-refractivity contribution in [2.75, 3.05) is 103 Å². The number of ether oxygens (including phenoxy) is 4. The number of halogens is 2. The number of urea groups is 1. The number of Topliss-reactive ketones (excluding diaryl/α,β-unsaturated/α-hetero) is 1. The highest BCUT2D eigenvalue weighted by atomic mass is 35.5. The number of pyridine rings is 2. The van der Waals surface area contributed by atoms with Crippen LogP contribution in [0.15, 0.2) is 107 Å². The fraction of sp³-hybridized carbons (Fsp3) is 0.431. The quantitative estimate of drug-likeness (QED) is 0.0427. The third-order valence-corrected chi connectivity index (χ3v) is 17.3. The first-order valence-electron chi connectivity index (χ1n) is 30.8. The van der Waals surface area contributed by atoms with Crippen LogP contribution in [0.5, 0.6) is 11.5 Å². The highest BCUT2D eigenvalue weighted by molar-refractivity contribution is 6.30. The van der Waals surface area contributed by atoms with E-state index < -0.39 is 18.1 Å². The molecular formula is C65H75Cl2N15O9. The van der Waals surface area contributed by atoms with Crippen LogP contribution < -0.4 is 30.6 Å². The number of nitrogens with one attached hydrogen (secondary N) is 2. The predicted molar refractivity (Wildman–Crippen MR) is 345 cm³/mol. The lowest BCUT2D eigenvalue weighted by atomic mass is 9.93. The second kappa shape index (κ2) is 29.2. The number of piperazine rings is 2. The number of amides is 4. The van der Waals surface area contributed by atoms with Crippen LogP contribution in [0.4, 0.5) is 22.2 Å². The maximum Gasteiger partial charge on any atom is 0.326 e. The van der Waals surface area contributed by atoms with E-state index in [1.54, 1.807) is 70.8 Å². The smallest absolute Gasteiger partial charge is 0.326 e. The van der Waals surface area contributed by atoms with Crippen molar-refractivity contribution in [3.63, 3.8) is 0 Å². The molecule has 2 atom stereocenters. The van der Waals surface area contributed by atoms with Gasteiger partial charge in [-0.05, 0) is 106 Å². The van der Waals surface area contributed by atoms with Gasteiger partial charge in [0.2, 0.25) is 17.8 Å². The van der Waals surface area contributed by atoms with Crippen LogP contribution in [0.3, 0.4) is 0 Å². The van der Waals surface area contributed by atoms with Gasteiger partial charge >= 0.3 is 6.03 Å². The predicted octanol–water partition coefficient (Wildman–Crippen LogP) is 8.23. The molecule has 4 amide bonds. The van der Waals surface area contributed by atoms with Crippen LogP contribution in [-0.2, 0) is 32.2 Å². The van der Waals surface area contributed by atoms with E-state index in [0.717, 1.165) is 74.4 Å². The number of hydrogen-bond donors (Lipinski definition) is 2. The van der Waals surface area contributed by atoms with E-state index in [9.17, 15) is 19.2 Å². The summed E-state index contributed by atoms with van der Waals surface area (Å²) in [7, 11) is 1.57. The zero-order valence-corrected chi connectivity index (χ0v) is 53.2. The zero-order chi connectivity index (χ0) is 63.7. The van der Waals surface area contributed by atoms with Gasteiger partial charge in [-0.2, -0.15) is 4.98 Å². The van der Waals surface area contributed by atoms with E-state index in [1.165, 1.54) is 16.7 Å². The Kier molecular flexibility index (Phi) is 20.5. The average molecular weight is 1280 g/mol. The summed E-state index contributed by atoms with van der Waals surface area (Å²) < 4.78 is 26.9. The number of amidine groups is 1. The largest absolute Gasteiger partial charge is 0.497 e. The molecule has 7 heterocycles. The van der Waals surface area contributed by atoms with Gasteiger partial charge in [0.1, 0.15) is 41.4 Å². The maximum atomic E-state index is 15.1. The van der Waals surface area contributed by atoms with E-state index in [-0.39, 0.29) is 80.2 Å². The third-order valence-electron chi connectivity index (χ3n) is 16.8. The Bertz CT molecular complexity index is 3830. The summed E-state index contributed by atoms with van der Waals surface area (Å²) in [5, 5.41) is 16.5. The van der Waals surface area contributed by atoms with Crippen molar-refractivity contribution >= 4 is 81.2 Å². The number of aryl methyl sites for hydroxylation is 1. The molecule has 4 aliphatic rings. The summed E-state index contributed by atoms with van der Waals surface area (Å²) in [6, 6.07) is 22.3. The molecule has 3 aliphatic heterocycles. The number of ketones is 1. The Morgan fingerprint density at radius 3 is 2.22 bits per heavy atom. The number of rotatable bonds is 24. The van der Waals surface area contributed by atoms with Gasteiger partial charge in [-0.15, -0.1) is 5.10 Å². The lowest BCUT2D eigenvalue weighted by Crippen LogP contribution is -2.57. The van der Waals surface area contributed by atoms with Crippen LogP contribution >= 0.6 is 23.2 Å². The second-order valence-electron chi connectivity index (χ2n) is 23.3. The molecule has 2 N–H and O–H groups in total. The number of anilines is 3. The zero-order valence-electron chi connectivity index (χ0n) is 51.7. The standard InChI is InChI=1S/C65H75Cl2N15O9/c1-41(2)91-54-34-51(88-5)19-20-52(54)61-72-59(44-10-14-46(66)15-11-44)60(45-12-16-47(67)17-13-45)82(61)65(87)79-28-27-78(57(85)40-79)39-56(84)68-22-30-89-32-33-90-31-29-80-38-48(74-75-80)37-76-23-25-77(26-24-76)50-18-21-55(69-35-50)71-64-70-36-53-42(3)58(43(4)83)63(86)81(62(53)73-64)49-8-6-7-9-49/h10-21,34-36,38,41,49,59-60H,6-9,22-33,37,39-40H2,1-5H3,(H,68,84)(H,69,70,71,73)/t59-,60+/m1/s1. The Morgan fingerprint density at radius 1 is 0.813 bits per heavy atom. The first-order valence-corrected chi connectivity index (χ1v) is 31.6. The molecule has 478 valence electrons. The summed E-state index contributed by atoms with van der Waals surface area (Å²) in [6.45, 7) is 13.0. The van der Waals surface area contributed by atoms with E-state index in [0.29, 0.717) is 94.2 Å². The Morgan fingerprint density at radius 2 is 1.54 bits per heavy atom. The molecule has 4 aromatic heterocycles. The topological polar surface area (TPSA) is 249 Å². The molecule has 3 aromatic carbocycles. The van der Waals surface area contributed by atoms with Gasteiger partial charge in [-0.3, -0.25) is 38.5 Å². The van der Waals surface area contributed by atoms with E-state index >= 15 is 4.79 Å². The van der Waals surface area contributed by atoms with Gasteiger partial charge < -0.3 is 44.3 Å². The molecule has 2 saturated heterocycles. The number of carbonyl (C=O) groups is 4. The molecule has 0 unspecified atom stereocenters. The number of hydrogen-bond acceptors (Lipinski definition) is 18. The van der Waals surface area contributed by atoms with Crippen LogP contribution in [0.1, 0.15) is 103 Å². The summed E-state index contributed by atoms with van der Waals surface area (Å²) >= 11 is 12.7. The first kappa shape index (κ1) is 64.0. The molecule has 26 heteroatoms. The number of methoxy groups -OCH3 is 1. The van der Waals surface area contributed by atoms with Gasteiger partial charge in [0.15, 0.2) is 5.78 Å². The molecule has 7 aromatic rings. The summed E-state index contributed by atoms with van der Waals surface area (Å²) in [4.78, 5) is 96.7. The van der Waals surface area contributed by atoms with Crippen LogP contribution in [0, 0.1) is 6.92 Å². The fourth-order valence-electron chi connectivity index (χ4n) is 12.2. The molecule has 91 heavy (non-hydrogen) atoms. The van der Waals surface area contributed by atoms with E-state index in [2.05, 4.69) is 40.7 Å².